The Kier molecular flexibility index (Phi) is 3.87. The van der Waals surface area contributed by atoms with Crippen molar-refractivity contribution in [3.8, 4) is 11.5 Å². The smallest absolute Gasteiger partial charge is 0.169 e. The Hall–Kier alpha value is -1.55. The molecule has 2 rings (SSSR count). The zero-order valence-electron chi connectivity index (χ0n) is 10.6. The van der Waals surface area contributed by atoms with Crippen molar-refractivity contribution in [2.75, 3.05) is 6.61 Å². The normalized spacial score (nSPS) is 20.8. The highest BCUT2D eigenvalue weighted by Gasteiger charge is 2.26. The Morgan fingerprint density at radius 1 is 1.56 bits per heavy atom. The molecule has 0 amide bonds. The molecular weight excluding hydrogens is 230 g/mol. The minimum atomic E-state index is -0.0261. The number of hydrogen-bond donors (Lipinski definition) is 2. The second kappa shape index (κ2) is 5.40. The first-order valence-corrected chi connectivity index (χ1v) is 6.33. The van der Waals surface area contributed by atoms with E-state index < -0.39 is 0 Å². The van der Waals surface area contributed by atoms with Crippen LogP contribution in [0.3, 0.4) is 0 Å². The Labute approximate surface area is 107 Å². The average Bonchev–Trinajstić information content (AvgIpc) is 2.46. The van der Waals surface area contributed by atoms with E-state index in [0.717, 1.165) is 12.8 Å². The molecule has 18 heavy (non-hydrogen) atoms. The zero-order valence-corrected chi connectivity index (χ0v) is 10.6. The Morgan fingerprint density at radius 3 is 3.06 bits per heavy atom. The van der Waals surface area contributed by atoms with E-state index in [9.17, 15) is 9.90 Å². The largest absolute Gasteiger partial charge is 0.508 e. The number of carbonyl (C=O) groups is 1. The molecule has 0 spiro atoms. The van der Waals surface area contributed by atoms with Gasteiger partial charge in [0.1, 0.15) is 11.5 Å². The van der Waals surface area contributed by atoms with Gasteiger partial charge in [-0.15, -0.1) is 0 Å². The molecule has 1 aliphatic heterocycles. The third-order valence-corrected chi connectivity index (χ3v) is 3.30. The molecule has 0 bridgehead atoms. The highest BCUT2D eigenvalue weighted by atomic mass is 16.5. The number of rotatable bonds is 3. The van der Waals surface area contributed by atoms with Crippen molar-refractivity contribution >= 4 is 5.78 Å². The van der Waals surface area contributed by atoms with Gasteiger partial charge in [0.2, 0.25) is 0 Å². The van der Waals surface area contributed by atoms with Gasteiger partial charge in [0.25, 0.3) is 0 Å². The van der Waals surface area contributed by atoms with Crippen molar-refractivity contribution in [1.29, 1.82) is 0 Å². The van der Waals surface area contributed by atoms with Crippen molar-refractivity contribution in [2.24, 2.45) is 11.7 Å². The zero-order chi connectivity index (χ0) is 13.1. The van der Waals surface area contributed by atoms with Crippen molar-refractivity contribution in [2.45, 2.75) is 32.2 Å². The summed E-state index contributed by atoms with van der Waals surface area (Å²) < 4.78 is 5.52. The molecule has 1 aromatic carbocycles. The first-order valence-electron chi connectivity index (χ1n) is 6.33. The number of carbonyl (C=O) groups excluding carboxylic acids is 1. The van der Waals surface area contributed by atoms with Gasteiger partial charge < -0.3 is 15.6 Å². The summed E-state index contributed by atoms with van der Waals surface area (Å²) in [5.74, 6) is 0.684. The van der Waals surface area contributed by atoms with Crippen molar-refractivity contribution in [3.05, 3.63) is 23.8 Å². The average molecular weight is 249 g/mol. The van der Waals surface area contributed by atoms with Crippen LogP contribution in [0.5, 0.6) is 11.5 Å². The fourth-order valence-corrected chi connectivity index (χ4v) is 2.24. The van der Waals surface area contributed by atoms with Gasteiger partial charge in [-0.25, -0.2) is 0 Å². The standard InChI is InChI=1S/C14H19NO3/c1-9(15)2-3-10-6-7-18-13-8-11(16)4-5-12(13)14(10)17/h4-5,8-10,16H,2-3,6-7,15H2,1H3. The maximum absolute atomic E-state index is 12.4. The van der Waals surface area contributed by atoms with Crippen molar-refractivity contribution < 1.29 is 14.6 Å². The van der Waals surface area contributed by atoms with Crippen LogP contribution in [0.15, 0.2) is 18.2 Å². The van der Waals surface area contributed by atoms with E-state index in [0.29, 0.717) is 24.3 Å². The summed E-state index contributed by atoms with van der Waals surface area (Å²) in [6.45, 7) is 2.45. The number of ketones is 1. The van der Waals surface area contributed by atoms with Gasteiger partial charge in [-0.2, -0.15) is 0 Å². The van der Waals surface area contributed by atoms with Crippen LogP contribution in [0.4, 0.5) is 0 Å². The Morgan fingerprint density at radius 2 is 2.33 bits per heavy atom. The van der Waals surface area contributed by atoms with Crippen molar-refractivity contribution in [1.82, 2.24) is 0 Å². The first kappa shape index (κ1) is 12.9. The van der Waals surface area contributed by atoms with Gasteiger partial charge in [0.15, 0.2) is 5.78 Å². The fourth-order valence-electron chi connectivity index (χ4n) is 2.24. The molecule has 0 saturated heterocycles. The van der Waals surface area contributed by atoms with E-state index in [1.165, 1.54) is 12.1 Å². The van der Waals surface area contributed by atoms with Gasteiger partial charge in [-0.3, -0.25) is 4.79 Å². The van der Waals surface area contributed by atoms with Gasteiger partial charge >= 0.3 is 0 Å². The maximum Gasteiger partial charge on any atom is 0.169 e. The second-order valence-corrected chi connectivity index (χ2v) is 4.93. The van der Waals surface area contributed by atoms with E-state index in [1.54, 1.807) is 6.07 Å². The van der Waals surface area contributed by atoms with Crippen LogP contribution >= 0.6 is 0 Å². The number of benzene rings is 1. The predicted octanol–water partition coefficient (Wildman–Crippen LogP) is 2.10. The summed E-state index contributed by atoms with van der Waals surface area (Å²) in [4.78, 5) is 12.4. The van der Waals surface area contributed by atoms with Crippen LogP contribution in [0.2, 0.25) is 0 Å². The Bertz CT molecular complexity index is 443. The number of nitrogens with two attached hydrogens (primary N) is 1. The number of Topliss-reactive ketones (excluding diaryl/α,β-unsaturated/α-hetero) is 1. The molecule has 1 aromatic rings. The molecule has 0 aromatic heterocycles. The Balaban J connectivity index is 2.18. The van der Waals surface area contributed by atoms with Crippen LogP contribution in [0, 0.1) is 5.92 Å². The highest BCUT2D eigenvalue weighted by Crippen LogP contribution is 2.31. The number of hydrogen-bond acceptors (Lipinski definition) is 4. The molecule has 98 valence electrons. The third-order valence-electron chi connectivity index (χ3n) is 3.30. The van der Waals surface area contributed by atoms with Crippen LogP contribution in [0.1, 0.15) is 36.5 Å². The molecule has 4 heteroatoms. The summed E-state index contributed by atoms with van der Waals surface area (Å²) >= 11 is 0. The van der Waals surface area contributed by atoms with E-state index in [1.807, 2.05) is 6.92 Å². The monoisotopic (exact) mass is 249 g/mol. The molecular formula is C14H19NO3. The van der Waals surface area contributed by atoms with E-state index in [-0.39, 0.29) is 23.5 Å². The summed E-state index contributed by atoms with van der Waals surface area (Å²) in [6.07, 6.45) is 2.34. The lowest BCUT2D eigenvalue weighted by atomic mass is 9.90. The number of ether oxygens (including phenoxy) is 1. The van der Waals surface area contributed by atoms with Crippen LogP contribution in [-0.4, -0.2) is 23.5 Å². The third kappa shape index (κ3) is 2.82. The van der Waals surface area contributed by atoms with E-state index >= 15 is 0 Å². The molecule has 0 radical (unpaired) electrons. The SMILES string of the molecule is CC(N)CCC1CCOc2cc(O)ccc2C1=O. The number of aromatic hydroxyl groups is 1. The van der Waals surface area contributed by atoms with E-state index in [4.69, 9.17) is 10.5 Å². The molecule has 0 aliphatic carbocycles. The minimum Gasteiger partial charge on any atom is -0.508 e. The number of phenolic OH excluding ortho intramolecular Hbond substituents is 1. The van der Waals surface area contributed by atoms with Crippen LogP contribution < -0.4 is 10.5 Å². The molecule has 1 heterocycles. The van der Waals surface area contributed by atoms with Crippen LogP contribution in [0.25, 0.3) is 0 Å². The van der Waals surface area contributed by atoms with Gasteiger partial charge in [-0.05, 0) is 38.3 Å². The van der Waals surface area contributed by atoms with Crippen molar-refractivity contribution in [3.63, 3.8) is 0 Å². The lowest BCUT2D eigenvalue weighted by Crippen LogP contribution is -2.20. The van der Waals surface area contributed by atoms with Gasteiger partial charge in [0.05, 0.1) is 12.2 Å². The predicted molar refractivity (Wildman–Crippen MR) is 68.9 cm³/mol. The summed E-state index contributed by atoms with van der Waals surface area (Å²) in [5, 5.41) is 9.40. The summed E-state index contributed by atoms with van der Waals surface area (Å²) in [5.41, 5.74) is 6.30. The first-order chi connectivity index (χ1) is 8.58. The molecule has 2 atom stereocenters. The maximum atomic E-state index is 12.4. The molecule has 4 nitrogen and oxygen atoms in total. The van der Waals surface area contributed by atoms with E-state index in [2.05, 4.69) is 0 Å². The lowest BCUT2D eigenvalue weighted by molar-refractivity contribution is 0.0906. The number of fused-ring (bicyclic) bond motifs is 1. The fraction of sp³-hybridized carbons (Fsp3) is 0.500. The highest BCUT2D eigenvalue weighted by molar-refractivity contribution is 6.00. The molecule has 2 unspecified atom stereocenters. The van der Waals surface area contributed by atoms with Gasteiger partial charge in [0, 0.05) is 18.0 Å². The quantitative estimate of drug-likeness (QED) is 0.860. The molecule has 0 saturated carbocycles. The summed E-state index contributed by atoms with van der Waals surface area (Å²) in [6, 6.07) is 4.77. The molecule has 1 aliphatic rings. The van der Waals surface area contributed by atoms with Crippen LogP contribution in [-0.2, 0) is 0 Å². The minimum absolute atomic E-state index is 0.0261. The topological polar surface area (TPSA) is 72.6 Å². The molecule has 0 fully saturated rings. The number of phenols is 1. The molecule has 3 N–H and O–H groups in total. The summed E-state index contributed by atoms with van der Waals surface area (Å²) in [7, 11) is 0. The second-order valence-electron chi connectivity index (χ2n) is 4.93. The lowest BCUT2D eigenvalue weighted by Gasteiger charge is -2.13. The van der Waals surface area contributed by atoms with Gasteiger partial charge in [-0.1, -0.05) is 0 Å².